The molecule has 0 fully saturated rings. The molecule has 0 bridgehead atoms. The van der Waals surface area contributed by atoms with Crippen LogP contribution in [0.1, 0.15) is 61.3 Å². The Labute approximate surface area is 116 Å². The minimum absolute atomic E-state index is 0.367. The van der Waals surface area contributed by atoms with Crippen LogP contribution in [-0.2, 0) is 8.85 Å². The number of hydrogen-bond acceptors (Lipinski definition) is 2. The van der Waals surface area contributed by atoms with Crippen molar-refractivity contribution in [2.45, 2.75) is 73.4 Å². The summed E-state index contributed by atoms with van der Waals surface area (Å²) in [6.45, 7) is 17.3. The lowest BCUT2D eigenvalue weighted by molar-refractivity contribution is 0.158. The number of hydrogen-bond donors (Lipinski definition) is 0. The Balaban J connectivity index is 5.01. The molecule has 18 heavy (non-hydrogen) atoms. The zero-order valence-electron chi connectivity index (χ0n) is 13.6. The van der Waals surface area contributed by atoms with Gasteiger partial charge in [0.05, 0.1) is 0 Å². The van der Waals surface area contributed by atoms with E-state index >= 15 is 0 Å². The maximum absolute atomic E-state index is 6.20. The Morgan fingerprint density at radius 3 is 1.67 bits per heavy atom. The second-order valence-corrected chi connectivity index (χ2v) is 9.23. The van der Waals surface area contributed by atoms with Gasteiger partial charge in [-0.25, -0.2) is 0 Å². The van der Waals surface area contributed by atoms with Gasteiger partial charge >= 0.3 is 8.56 Å². The van der Waals surface area contributed by atoms with Crippen LogP contribution in [0.3, 0.4) is 0 Å². The molecule has 0 rings (SSSR count). The minimum Gasteiger partial charge on any atom is -0.394 e. The zero-order valence-corrected chi connectivity index (χ0v) is 14.6. The topological polar surface area (TPSA) is 18.5 Å². The second kappa shape index (κ2) is 8.34. The Hall–Kier alpha value is 0.137. The fourth-order valence-electron chi connectivity index (χ4n) is 2.63. The van der Waals surface area contributed by atoms with Crippen molar-refractivity contribution < 1.29 is 8.85 Å². The van der Waals surface area contributed by atoms with Crippen molar-refractivity contribution in [2.24, 2.45) is 11.3 Å². The van der Waals surface area contributed by atoms with Gasteiger partial charge in [0.2, 0.25) is 0 Å². The molecule has 3 heteroatoms. The summed E-state index contributed by atoms with van der Waals surface area (Å²) in [7, 11) is -2.04. The van der Waals surface area contributed by atoms with E-state index in [4.69, 9.17) is 8.85 Å². The van der Waals surface area contributed by atoms with Crippen LogP contribution in [0.4, 0.5) is 0 Å². The van der Waals surface area contributed by atoms with Gasteiger partial charge in [0.25, 0.3) is 0 Å². The summed E-state index contributed by atoms with van der Waals surface area (Å²) in [5.74, 6) is 0.646. The third-order valence-corrected chi connectivity index (χ3v) is 8.40. The van der Waals surface area contributed by atoms with Crippen molar-refractivity contribution in [2.75, 3.05) is 13.2 Å². The van der Waals surface area contributed by atoms with Gasteiger partial charge in [-0.2, -0.15) is 0 Å². The van der Waals surface area contributed by atoms with Crippen molar-refractivity contribution in [1.29, 1.82) is 0 Å². The molecule has 0 aromatic rings. The zero-order chi connectivity index (χ0) is 14.2. The summed E-state index contributed by atoms with van der Waals surface area (Å²) in [5.41, 5.74) is 0.367. The van der Waals surface area contributed by atoms with Crippen LogP contribution in [0, 0.1) is 11.3 Å². The summed E-state index contributed by atoms with van der Waals surface area (Å²) in [6, 6.07) is 2.25. The van der Waals surface area contributed by atoms with E-state index in [0.29, 0.717) is 11.3 Å². The highest BCUT2D eigenvalue weighted by Crippen LogP contribution is 2.39. The summed E-state index contributed by atoms with van der Waals surface area (Å²) in [4.78, 5) is 0. The molecule has 0 atom stereocenters. The van der Waals surface area contributed by atoms with E-state index < -0.39 is 8.56 Å². The first-order valence-electron chi connectivity index (χ1n) is 7.64. The monoisotopic (exact) mass is 274 g/mol. The van der Waals surface area contributed by atoms with Gasteiger partial charge in [-0.05, 0) is 37.3 Å². The molecule has 0 aromatic heterocycles. The molecule has 0 amide bonds. The Morgan fingerprint density at radius 1 is 0.944 bits per heavy atom. The number of rotatable bonds is 10. The van der Waals surface area contributed by atoms with Gasteiger partial charge in [0.1, 0.15) is 0 Å². The van der Waals surface area contributed by atoms with E-state index in [1.807, 2.05) is 0 Å². The van der Waals surface area contributed by atoms with E-state index in [1.165, 1.54) is 12.8 Å². The molecule has 2 nitrogen and oxygen atoms in total. The average Bonchev–Trinajstić information content (AvgIpc) is 2.28. The van der Waals surface area contributed by atoms with Gasteiger partial charge in [-0.3, -0.25) is 0 Å². The van der Waals surface area contributed by atoms with Crippen molar-refractivity contribution in [3.8, 4) is 0 Å². The molecule has 0 aromatic carbocycles. The lowest BCUT2D eigenvalue weighted by Gasteiger charge is -2.39. The smallest absolute Gasteiger partial charge is 0.338 e. The lowest BCUT2D eigenvalue weighted by atomic mass is 9.87. The van der Waals surface area contributed by atoms with Gasteiger partial charge in [0.15, 0.2) is 0 Å². The Bertz CT molecular complexity index is 207. The quantitative estimate of drug-likeness (QED) is 0.523. The van der Waals surface area contributed by atoms with Crippen LogP contribution >= 0.6 is 0 Å². The highest BCUT2D eigenvalue weighted by Gasteiger charge is 2.43. The van der Waals surface area contributed by atoms with Gasteiger partial charge in [0, 0.05) is 13.2 Å². The predicted molar refractivity (Wildman–Crippen MR) is 82.1 cm³/mol. The maximum atomic E-state index is 6.20. The third kappa shape index (κ3) is 5.85. The third-order valence-electron chi connectivity index (χ3n) is 3.94. The van der Waals surface area contributed by atoms with Crippen molar-refractivity contribution >= 4 is 8.56 Å². The molecule has 0 N–H and O–H groups in total. The van der Waals surface area contributed by atoms with Crippen LogP contribution < -0.4 is 0 Å². The van der Waals surface area contributed by atoms with Crippen LogP contribution in [-0.4, -0.2) is 21.8 Å². The van der Waals surface area contributed by atoms with Crippen LogP contribution in [0.15, 0.2) is 0 Å². The van der Waals surface area contributed by atoms with Crippen molar-refractivity contribution in [1.82, 2.24) is 0 Å². The first-order chi connectivity index (χ1) is 8.37. The standard InChI is InChI=1S/C15H34O2Si/c1-8-15(7,9-2)13-18(16-10-3,17-11-4)12-14(5)6/h14H,8-13H2,1-7H3. The first-order valence-corrected chi connectivity index (χ1v) is 9.88. The van der Waals surface area contributed by atoms with E-state index in [0.717, 1.165) is 25.3 Å². The minimum atomic E-state index is -2.04. The van der Waals surface area contributed by atoms with Gasteiger partial charge in [-0.1, -0.05) is 47.5 Å². The summed E-state index contributed by atoms with van der Waals surface area (Å²) in [6.07, 6.45) is 2.41. The Kier molecular flexibility index (Phi) is 8.40. The molecule has 110 valence electrons. The summed E-state index contributed by atoms with van der Waals surface area (Å²) >= 11 is 0. The highest BCUT2D eigenvalue weighted by atomic mass is 28.4. The molecule has 0 saturated heterocycles. The lowest BCUT2D eigenvalue weighted by Crippen LogP contribution is -2.47. The second-order valence-electron chi connectivity index (χ2n) is 6.07. The van der Waals surface area contributed by atoms with Crippen molar-refractivity contribution in [3.05, 3.63) is 0 Å². The van der Waals surface area contributed by atoms with E-state index in [9.17, 15) is 0 Å². The largest absolute Gasteiger partial charge is 0.394 e. The predicted octanol–water partition coefficient (Wildman–Crippen LogP) is 4.98. The molecule has 0 aliphatic rings. The van der Waals surface area contributed by atoms with Crippen LogP contribution in [0.5, 0.6) is 0 Å². The molecule has 0 spiro atoms. The SMILES string of the molecule is CCO[Si](CC(C)C)(CC(C)(CC)CC)OCC. The molecular formula is C15H34O2Si. The Morgan fingerprint density at radius 2 is 1.39 bits per heavy atom. The molecule has 0 aliphatic heterocycles. The summed E-state index contributed by atoms with van der Waals surface area (Å²) < 4.78 is 12.4. The fraction of sp³-hybridized carbons (Fsp3) is 1.00. The molecule has 0 heterocycles. The average molecular weight is 275 g/mol. The van der Waals surface area contributed by atoms with E-state index in [-0.39, 0.29) is 0 Å². The highest BCUT2D eigenvalue weighted by molar-refractivity contribution is 6.67. The van der Waals surface area contributed by atoms with Gasteiger partial charge in [-0.15, -0.1) is 0 Å². The molecule has 0 aliphatic carbocycles. The van der Waals surface area contributed by atoms with Crippen LogP contribution in [0.25, 0.3) is 0 Å². The van der Waals surface area contributed by atoms with Crippen molar-refractivity contribution in [3.63, 3.8) is 0 Å². The summed E-state index contributed by atoms with van der Waals surface area (Å²) in [5, 5.41) is 0. The van der Waals surface area contributed by atoms with E-state index in [1.54, 1.807) is 0 Å². The van der Waals surface area contributed by atoms with E-state index in [2.05, 4.69) is 48.5 Å². The molecule has 0 unspecified atom stereocenters. The normalized spacial score (nSPS) is 13.3. The molecular weight excluding hydrogens is 240 g/mol. The molecule has 0 saturated carbocycles. The van der Waals surface area contributed by atoms with Crippen LogP contribution in [0.2, 0.25) is 12.1 Å². The maximum Gasteiger partial charge on any atom is 0.338 e. The van der Waals surface area contributed by atoms with Gasteiger partial charge < -0.3 is 8.85 Å². The first kappa shape index (κ1) is 18.1. The molecule has 0 radical (unpaired) electrons. The fourth-order valence-corrected chi connectivity index (χ4v) is 7.40.